The maximum atomic E-state index is 3.71. The molecule has 2 heterocycles. The zero-order chi connectivity index (χ0) is 20.9. The summed E-state index contributed by atoms with van der Waals surface area (Å²) in [5, 5.41) is 8.79. The Labute approximate surface area is 184 Å². The number of aromatic nitrogens is 1. The second kappa shape index (κ2) is 9.51. The molecule has 0 unspecified atom stereocenters. The van der Waals surface area contributed by atoms with Crippen molar-refractivity contribution in [2.45, 2.75) is 37.8 Å². The summed E-state index contributed by atoms with van der Waals surface area (Å²) in [6.07, 6.45) is 3.41. The van der Waals surface area contributed by atoms with Gasteiger partial charge in [0.25, 0.3) is 0 Å². The van der Waals surface area contributed by atoms with Crippen LogP contribution in [0.25, 0.3) is 10.9 Å². The molecule has 3 heteroatoms. The Kier molecular flexibility index (Phi) is 6.15. The van der Waals surface area contributed by atoms with Gasteiger partial charge in [0.05, 0.1) is 0 Å². The maximum absolute atomic E-state index is 3.71. The van der Waals surface area contributed by atoms with Crippen LogP contribution in [0.2, 0.25) is 0 Å². The third kappa shape index (κ3) is 4.58. The van der Waals surface area contributed by atoms with Gasteiger partial charge in [-0.3, -0.25) is 0 Å². The first-order valence-electron chi connectivity index (χ1n) is 11.5. The number of hydrogen-bond acceptors (Lipinski definition) is 2. The molecule has 1 aliphatic rings. The van der Waals surface area contributed by atoms with Crippen molar-refractivity contribution in [3.63, 3.8) is 0 Å². The van der Waals surface area contributed by atoms with E-state index in [1.807, 2.05) is 0 Å². The number of aromatic amines is 1. The average Bonchev–Trinajstić information content (AvgIpc) is 3.20. The lowest BCUT2D eigenvalue weighted by molar-refractivity contribution is 0.441. The van der Waals surface area contributed by atoms with Crippen molar-refractivity contribution in [3.8, 4) is 0 Å². The molecule has 5 rings (SSSR count). The fourth-order valence-electron chi connectivity index (χ4n) is 4.95. The van der Waals surface area contributed by atoms with E-state index in [9.17, 15) is 0 Å². The van der Waals surface area contributed by atoms with Gasteiger partial charge in [-0.1, -0.05) is 78.9 Å². The van der Waals surface area contributed by atoms with Crippen molar-refractivity contribution >= 4 is 10.9 Å². The Morgan fingerprint density at radius 1 is 0.839 bits per heavy atom. The maximum Gasteiger partial charge on any atom is 0.0459 e. The van der Waals surface area contributed by atoms with E-state index in [1.54, 1.807) is 0 Å². The van der Waals surface area contributed by atoms with E-state index in [0.29, 0.717) is 12.0 Å². The number of benzene rings is 3. The van der Waals surface area contributed by atoms with Crippen molar-refractivity contribution in [1.82, 2.24) is 15.6 Å². The van der Waals surface area contributed by atoms with Gasteiger partial charge in [-0.25, -0.2) is 0 Å². The Balaban J connectivity index is 1.14. The zero-order valence-electron chi connectivity index (χ0n) is 18.0. The first kappa shape index (κ1) is 20.0. The molecule has 1 aromatic heterocycles. The molecular weight excluding hydrogens is 378 g/mol. The fraction of sp³-hybridized carbons (Fsp3) is 0.286. The Hall–Kier alpha value is -2.88. The lowest BCUT2D eigenvalue weighted by atomic mass is 9.87. The van der Waals surface area contributed by atoms with Gasteiger partial charge in [0.1, 0.15) is 0 Å². The van der Waals surface area contributed by atoms with E-state index in [1.165, 1.54) is 39.7 Å². The van der Waals surface area contributed by atoms with Gasteiger partial charge in [-0.05, 0) is 48.6 Å². The summed E-state index contributed by atoms with van der Waals surface area (Å²) in [5.74, 6) is 0.464. The van der Waals surface area contributed by atoms with Crippen LogP contribution in [0.15, 0.2) is 84.9 Å². The molecule has 31 heavy (non-hydrogen) atoms. The summed E-state index contributed by atoms with van der Waals surface area (Å²) in [6.45, 7) is 3.00. The molecule has 0 radical (unpaired) electrons. The number of fused-ring (bicyclic) bond motifs is 3. The van der Waals surface area contributed by atoms with Crippen LogP contribution >= 0.6 is 0 Å². The lowest BCUT2D eigenvalue weighted by Crippen LogP contribution is -2.43. The summed E-state index contributed by atoms with van der Waals surface area (Å²) in [5.41, 5.74) is 6.93. The SMILES string of the molecule is c1ccc(C(CCCNC[C@@H]2Cc3c([nH]c4ccccc34)CN2)c2ccccc2)cc1. The third-order valence-corrected chi connectivity index (χ3v) is 6.56. The van der Waals surface area contributed by atoms with E-state index in [2.05, 4.69) is 101 Å². The van der Waals surface area contributed by atoms with E-state index in [-0.39, 0.29) is 0 Å². The molecule has 3 N–H and O–H groups in total. The molecule has 1 aliphatic heterocycles. The molecule has 1 atom stereocenters. The highest BCUT2D eigenvalue weighted by Crippen LogP contribution is 2.29. The average molecular weight is 410 g/mol. The Bertz CT molecular complexity index is 1060. The predicted octanol–water partition coefficient (Wildman–Crippen LogP) is 5.38. The van der Waals surface area contributed by atoms with Gasteiger partial charge in [-0.15, -0.1) is 0 Å². The lowest BCUT2D eigenvalue weighted by Gasteiger charge is -2.25. The van der Waals surface area contributed by atoms with Crippen molar-refractivity contribution in [1.29, 1.82) is 0 Å². The molecule has 3 nitrogen and oxygen atoms in total. The van der Waals surface area contributed by atoms with Gasteiger partial charge < -0.3 is 15.6 Å². The molecule has 0 saturated heterocycles. The van der Waals surface area contributed by atoms with Gasteiger partial charge in [0, 0.05) is 41.6 Å². The summed E-state index contributed by atoms with van der Waals surface area (Å²) >= 11 is 0. The highest BCUT2D eigenvalue weighted by molar-refractivity contribution is 5.84. The van der Waals surface area contributed by atoms with Crippen molar-refractivity contribution < 1.29 is 0 Å². The fourth-order valence-corrected chi connectivity index (χ4v) is 4.95. The van der Waals surface area contributed by atoms with E-state index in [4.69, 9.17) is 0 Å². The van der Waals surface area contributed by atoms with E-state index in [0.717, 1.165) is 32.5 Å². The summed E-state index contributed by atoms with van der Waals surface area (Å²) in [4.78, 5) is 3.57. The number of para-hydroxylation sites is 1. The minimum Gasteiger partial charge on any atom is -0.357 e. The smallest absolute Gasteiger partial charge is 0.0459 e. The molecule has 0 aliphatic carbocycles. The topological polar surface area (TPSA) is 39.9 Å². The summed E-state index contributed by atoms with van der Waals surface area (Å²) < 4.78 is 0. The molecule has 0 amide bonds. The van der Waals surface area contributed by atoms with Crippen LogP contribution in [0.3, 0.4) is 0 Å². The van der Waals surface area contributed by atoms with Gasteiger partial charge in [0.15, 0.2) is 0 Å². The number of rotatable bonds is 8. The van der Waals surface area contributed by atoms with Gasteiger partial charge in [0.2, 0.25) is 0 Å². The normalized spacial score (nSPS) is 16.0. The number of hydrogen-bond donors (Lipinski definition) is 3. The monoisotopic (exact) mass is 409 g/mol. The van der Waals surface area contributed by atoms with Crippen LogP contribution in [0.4, 0.5) is 0 Å². The minimum atomic E-state index is 0.464. The minimum absolute atomic E-state index is 0.464. The largest absolute Gasteiger partial charge is 0.357 e. The molecule has 4 aromatic rings. The van der Waals surface area contributed by atoms with Crippen LogP contribution in [0.5, 0.6) is 0 Å². The second-order valence-electron chi connectivity index (χ2n) is 8.63. The summed E-state index contributed by atoms with van der Waals surface area (Å²) in [7, 11) is 0. The molecule has 0 spiro atoms. The molecule has 0 bridgehead atoms. The number of nitrogens with one attached hydrogen (secondary N) is 3. The summed E-state index contributed by atoms with van der Waals surface area (Å²) in [6, 6.07) is 31.0. The third-order valence-electron chi connectivity index (χ3n) is 6.56. The Morgan fingerprint density at radius 3 is 2.26 bits per heavy atom. The zero-order valence-corrected chi connectivity index (χ0v) is 18.0. The van der Waals surface area contributed by atoms with Crippen molar-refractivity contribution in [2.75, 3.05) is 13.1 Å². The predicted molar refractivity (Wildman–Crippen MR) is 129 cm³/mol. The molecule has 0 fully saturated rings. The van der Waals surface area contributed by atoms with E-state index >= 15 is 0 Å². The molecule has 3 aromatic carbocycles. The molecular formula is C28H31N3. The van der Waals surface area contributed by atoms with Crippen LogP contribution in [-0.2, 0) is 13.0 Å². The van der Waals surface area contributed by atoms with Crippen molar-refractivity contribution in [2.24, 2.45) is 0 Å². The highest BCUT2D eigenvalue weighted by atomic mass is 15.0. The quantitative estimate of drug-likeness (QED) is 0.342. The standard InChI is InChI=1S/C28H31N3/c1-3-10-21(11-4-1)24(22-12-5-2-6-13-22)15-9-17-29-19-23-18-26-25-14-7-8-16-27(25)31-28(26)20-30-23/h1-8,10-14,16,23-24,29-31H,9,15,17-20H2/t23-/m0/s1. The van der Waals surface area contributed by atoms with Crippen LogP contribution in [0.1, 0.15) is 41.1 Å². The van der Waals surface area contributed by atoms with Crippen molar-refractivity contribution in [3.05, 3.63) is 107 Å². The molecule has 0 saturated carbocycles. The first-order chi connectivity index (χ1) is 15.4. The van der Waals surface area contributed by atoms with Crippen LogP contribution in [-0.4, -0.2) is 24.1 Å². The van der Waals surface area contributed by atoms with Crippen LogP contribution in [0, 0.1) is 0 Å². The highest BCUT2D eigenvalue weighted by Gasteiger charge is 2.21. The number of H-pyrrole nitrogens is 1. The first-order valence-corrected chi connectivity index (χ1v) is 11.5. The second-order valence-corrected chi connectivity index (χ2v) is 8.63. The van der Waals surface area contributed by atoms with E-state index < -0.39 is 0 Å². The Morgan fingerprint density at radius 2 is 1.52 bits per heavy atom. The molecule has 158 valence electrons. The van der Waals surface area contributed by atoms with Crippen LogP contribution < -0.4 is 10.6 Å². The van der Waals surface area contributed by atoms with Gasteiger partial charge in [-0.2, -0.15) is 0 Å². The van der Waals surface area contributed by atoms with Gasteiger partial charge >= 0.3 is 0 Å².